The second-order valence-corrected chi connectivity index (χ2v) is 18.7. The number of aromatic hydroxyl groups is 1. The lowest BCUT2D eigenvalue weighted by Crippen LogP contribution is -2.12. The standard InChI is InChI=1S/C58H53N3O/c1-37-30-38(2)55(62)50(31-37)56-60-54-48(44-32-43(40-18-13-10-14-19-40)33-45(34-44)51-35-42(28-29-59-51)39-16-11-9-12-17-39)20-15-21-53(54)61(56)52-27-26-47(58(6,7)8)36-49(52)41-22-24-46(25-23-41)57(3,4)5/h9-36,62H,1-8H3. The van der Waals surface area contributed by atoms with E-state index in [0.29, 0.717) is 11.4 Å². The first-order chi connectivity index (χ1) is 29.7. The summed E-state index contributed by atoms with van der Waals surface area (Å²) in [5.74, 6) is 0.915. The first-order valence-corrected chi connectivity index (χ1v) is 21.5. The van der Waals surface area contributed by atoms with Gasteiger partial charge in [-0.2, -0.15) is 0 Å². The molecule has 9 rings (SSSR count). The molecule has 0 unspecified atom stereocenters. The van der Waals surface area contributed by atoms with Gasteiger partial charge in [0.1, 0.15) is 11.6 Å². The van der Waals surface area contributed by atoms with Gasteiger partial charge in [0.05, 0.1) is 28.0 Å². The number of phenols is 1. The molecule has 0 spiro atoms. The van der Waals surface area contributed by atoms with Crippen molar-refractivity contribution in [2.75, 3.05) is 0 Å². The van der Waals surface area contributed by atoms with E-state index in [4.69, 9.17) is 9.97 Å². The van der Waals surface area contributed by atoms with Gasteiger partial charge in [0.25, 0.3) is 0 Å². The average Bonchev–Trinajstić information content (AvgIpc) is 3.67. The van der Waals surface area contributed by atoms with Crippen molar-refractivity contribution >= 4 is 11.0 Å². The lowest BCUT2D eigenvalue weighted by Gasteiger charge is -2.24. The monoisotopic (exact) mass is 807 g/mol. The van der Waals surface area contributed by atoms with Gasteiger partial charge in [0, 0.05) is 22.9 Å². The van der Waals surface area contributed by atoms with Gasteiger partial charge < -0.3 is 5.11 Å². The highest BCUT2D eigenvalue weighted by Gasteiger charge is 2.25. The van der Waals surface area contributed by atoms with Gasteiger partial charge in [0.15, 0.2) is 0 Å². The summed E-state index contributed by atoms with van der Waals surface area (Å²) in [6, 6.07) is 58.4. The van der Waals surface area contributed by atoms with E-state index in [-0.39, 0.29) is 16.6 Å². The number of hydrogen-bond donors (Lipinski definition) is 1. The quantitative estimate of drug-likeness (QED) is 0.174. The van der Waals surface area contributed by atoms with E-state index in [2.05, 4.69) is 205 Å². The molecule has 0 aliphatic rings. The Bertz CT molecular complexity index is 3090. The molecule has 0 atom stereocenters. The lowest BCUT2D eigenvalue weighted by atomic mass is 9.83. The van der Waals surface area contributed by atoms with E-state index in [1.807, 2.05) is 25.3 Å². The maximum absolute atomic E-state index is 11.9. The maximum Gasteiger partial charge on any atom is 0.149 e. The highest BCUT2D eigenvalue weighted by molar-refractivity contribution is 5.98. The summed E-state index contributed by atoms with van der Waals surface area (Å²) in [5, 5.41) is 11.9. The Morgan fingerprint density at radius 1 is 0.468 bits per heavy atom. The minimum atomic E-state index is -0.0749. The summed E-state index contributed by atoms with van der Waals surface area (Å²) >= 11 is 0. The van der Waals surface area contributed by atoms with E-state index in [1.165, 1.54) is 11.1 Å². The molecule has 0 saturated heterocycles. The number of rotatable bonds is 7. The average molecular weight is 808 g/mol. The van der Waals surface area contributed by atoms with Gasteiger partial charge >= 0.3 is 0 Å². The van der Waals surface area contributed by atoms with Crippen LogP contribution in [0.3, 0.4) is 0 Å². The first-order valence-electron chi connectivity index (χ1n) is 21.5. The van der Waals surface area contributed by atoms with Crippen LogP contribution in [0.25, 0.3) is 83.9 Å². The Morgan fingerprint density at radius 2 is 1.10 bits per heavy atom. The molecule has 0 saturated carbocycles. The zero-order valence-corrected chi connectivity index (χ0v) is 37.0. The summed E-state index contributed by atoms with van der Waals surface area (Å²) < 4.78 is 2.26. The first kappa shape index (κ1) is 40.4. The molecular weight excluding hydrogens is 755 g/mol. The van der Waals surface area contributed by atoms with Crippen molar-refractivity contribution in [1.82, 2.24) is 14.5 Å². The second kappa shape index (κ2) is 15.8. The van der Waals surface area contributed by atoms with Gasteiger partial charge in [-0.3, -0.25) is 9.55 Å². The van der Waals surface area contributed by atoms with E-state index in [9.17, 15) is 5.11 Å². The summed E-state index contributed by atoms with van der Waals surface area (Å²) in [6.45, 7) is 17.6. The molecule has 62 heavy (non-hydrogen) atoms. The normalized spacial score (nSPS) is 11.9. The van der Waals surface area contributed by atoms with Gasteiger partial charge in [-0.05, 0) is 135 Å². The zero-order valence-electron chi connectivity index (χ0n) is 37.0. The van der Waals surface area contributed by atoms with Crippen molar-refractivity contribution in [3.63, 3.8) is 0 Å². The fourth-order valence-electron chi connectivity index (χ4n) is 8.59. The smallest absolute Gasteiger partial charge is 0.149 e. The minimum absolute atomic E-state index is 0.0255. The third-order valence-corrected chi connectivity index (χ3v) is 12.1. The van der Waals surface area contributed by atoms with Gasteiger partial charge in [0.2, 0.25) is 0 Å². The molecule has 0 amide bonds. The zero-order chi connectivity index (χ0) is 43.3. The number of fused-ring (bicyclic) bond motifs is 1. The molecule has 2 heterocycles. The number of para-hydroxylation sites is 1. The Hall–Kier alpha value is -7.04. The van der Waals surface area contributed by atoms with Crippen LogP contribution in [0, 0.1) is 13.8 Å². The highest BCUT2D eigenvalue weighted by Crippen LogP contribution is 2.43. The molecule has 1 N–H and O–H groups in total. The second-order valence-electron chi connectivity index (χ2n) is 18.7. The molecule has 2 aromatic heterocycles. The summed E-state index contributed by atoms with van der Waals surface area (Å²) in [6.07, 6.45) is 1.90. The number of aromatic nitrogens is 3. The van der Waals surface area contributed by atoms with Crippen LogP contribution in [0.1, 0.15) is 63.8 Å². The molecule has 306 valence electrons. The molecular formula is C58H53N3O. The molecule has 9 aromatic rings. The van der Waals surface area contributed by atoms with Crippen molar-refractivity contribution in [3.8, 4) is 78.6 Å². The molecule has 7 aromatic carbocycles. The van der Waals surface area contributed by atoms with Crippen molar-refractivity contribution in [1.29, 1.82) is 0 Å². The van der Waals surface area contributed by atoms with Crippen molar-refractivity contribution in [2.45, 2.75) is 66.2 Å². The van der Waals surface area contributed by atoms with Gasteiger partial charge in [-0.25, -0.2) is 4.98 Å². The number of phenolic OH excluding ortho intramolecular Hbond substituents is 1. The Balaban J connectivity index is 1.32. The van der Waals surface area contributed by atoms with Crippen molar-refractivity contribution in [2.24, 2.45) is 0 Å². The van der Waals surface area contributed by atoms with E-state index in [0.717, 1.165) is 83.6 Å². The third kappa shape index (κ3) is 7.74. The SMILES string of the molecule is Cc1cc(C)c(O)c(-c2nc3c(-c4cc(-c5ccccc5)cc(-c5cc(-c6ccccc6)ccn5)c4)cccc3n2-c2ccc(C(C)(C)C)cc2-c2ccc(C(C)(C)C)cc2)c1. The van der Waals surface area contributed by atoms with Crippen LogP contribution in [0.15, 0.2) is 170 Å². The van der Waals surface area contributed by atoms with E-state index < -0.39 is 0 Å². The largest absolute Gasteiger partial charge is 0.507 e. The minimum Gasteiger partial charge on any atom is -0.507 e. The molecule has 0 bridgehead atoms. The number of nitrogens with zero attached hydrogens (tertiary/aromatic N) is 3. The predicted octanol–water partition coefficient (Wildman–Crippen LogP) is 15.3. The molecule has 0 aliphatic heterocycles. The van der Waals surface area contributed by atoms with Crippen LogP contribution < -0.4 is 0 Å². The summed E-state index contributed by atoms with van der Waals surface area (Å²) in [7, 11) is 0. The number of hydrogen-bond acceptors (Lipinski definition) is 3. The Kier molecular flexibility index (Phi) is 10.3. The summed E-state index contributed by atoms with van der Waals surface area (Å²) in [4.78, 5) is 10.5. The van der Waals surface area contributed by atoms with Crippen LogP contribution in [0.4, 0.5) is 0 Å². The van der Waals surface area contributed by atoms with Gasteiger partial charge in [-0.1, -0.05) is 151 Å². The molecule has 4 heteroatoms. The van der Waals surface area contributed by atoms with Crippen LogP contribution in [-0.2, 0) is 10.8 Å². The Morgan fingerprint density at radius 3 is 1.77 bits per heavy atom. The fraction of sp³-hybridized carbons (Fsp3) is 0.172. The predicted molar refractivity (Wildman–Crippen MR) is 260 cm³/mol. The highest BCUT2D eigenvalue weighted by atomic mass is 16.3. The summed E-state index contributed by atoms with van der Waals surface area (Å²) in [5.41, 5.74) is 18.5. The molecule has 0 fully saturated rings. The van der Waals surface area contributed by atoms with Crippen molar-refractivity contribution in [3.05, 3.63) is 192 Å². The maximum atomic E-state index is 11.9. The number of benzene rings is 7. The van der Waals surface area contributed by atoms with E-state index >= 15 is 0 Å². The van der Waals surface area contributed by atoms with Crippen LogP contribution in [0.5, 0.6) is 5.75 Å². The molecule has 0 radical (unpaired) electrons. The topological polar surface area (TPSA) is 50.9 Å². The van der Waals surface area contributed by atoms with E-state index in [1.54, 1.807) is 0 Å². The van der Waals surface area contributed by atoms with Crippen LogP contribution in [-0.4, -0.2) is 19.6 Å². The lowest BCUT2D eigenvalue weighted by molar-refractivity contribution is 0.472. The number of aryl methyl sites for hydroxylation is 2. The van der Waals surface area contributed by atoms with Crippen LogP contribution >= 0.6 is 0 Å². The number of imidazole rings is 1. The fourth-order valence-corrected chi connectivity index (χ4v) is 8.59. The third-order valence-electron chi connectivity index (χ3n) is 12.1. The van der Waals surface area contributed by atoms with Gasteiger partial charge in [-0.15, -0.1) is 0 Å². The van der Waals surface area contributed by atoms with Crippen LogP contribution in [0.2, 0.25) is 0 Å². The number of pyridine rings is 1. The molecule has 0 aliphatic carbocycles. The van der Waals surface area contributed by atoms with Crippen molar-refractivity contribution < 1.29 is 5.11 Å². The Labute approximate surface area is 366 Å². The molecule has 4 nitrogen and oxygen atoms in total.